The van der Waals surface area contributed by atoms with Crippen molar-refractivity contribution >= 4 is 29.7 Å². The number of hydrogen-bond acceptors (Lipinski definition) is 6. The van der Waals surface area contributed by atoms with Crippen molar-refractivity contribution in [1.82, 2.24) is 19.8 Å². The number of nitriles is 1. The molecule has 0 saturated carbocycles. The Bertz CT molecular complexity index is 758. The average molecular weight is 393 g/mol. The third kappa shape index (κ3) is 5.30. The normalized spacial score (nSPS) is 16.9. The van der Waals surface area contributed by atoms with Crippen molar-refractivity contribution in [2.75, 3.05) is 27.2 Å². The molecule has 1 fully saturated rings. The van der Waals surface area contributed by atoms with Crippen LogP contribution >= 0.6 is 11.6 Å². The van der Waals surface area contributed by atoms with Gasteiger partial charge in [0.25, 0.3) is 0 Å². The van der Waals surface area contributed by atoms with Crippen LogP contribution in [0.5, 0.6) is 0 Å². The van der Waals surface area contributed by atoms with Crippen LogP contribution in [0.25, 0.3) is 0 Å². The Labute approximate surface area is 164 Å². The highest BCUT2D eigenvalue weighted by atomic mass is 35.5. The number of ether oxygens (including phenoxy) is 1. The summed E-state index contributed by atoms with van der Waals surface area (Å²) in [4.78, 5) is 28.4. The maximum Gasteiger partial charge on any atom is 0.410 e. The van der Waals surface area contributed by atoms with Crippen LogP contribution in [-0.4, -0.2) is 65.0 Å². The van der Waals surface area contributed by atoms with E-state index in [2.05, 4.69) is 21.0 Å². The van der Waals surface area contributed by atoms with E-state index in [1.54, 1.807) is 16.1 Å². The molecule has 27 heavy (non-hydrogen) atoms. The predicted molar refractivity (Wildman–Crippen MR) is 103 cm³/mol. The molecule has 1 aromatic rings. The summed E-state index contributed by atoms with van der Waals surface area (Å²) in [5, 5.41) is 10.0. The molecule has 0 spiro atoms. The summed E-state index contributed by atoms with van der Waals surface area (Å²) in [7, 11) is 3.69. The number of amides is 1. The highest BCUT2D eigenvalue weighted by Crippen LogP contribution is 2.39. The minimum absolute atomic E-state index is 0.0676. The fourth-order valence-corrected chi connectivity index (χ4v) is 2.91. The summed E-state index contributed by atoms with van der Waals surface area (Å²) in [6, 6.07) is 2.38. The van der Waals surface area contributed by atoms with Crippen molar-refractivity contribution in [2.45, 2.75) is 44.6 Å². The van der Waals surface area contributed by atoms with Gasteiger partial charge < -0.3 is 14.5 Å². The summed E-state index contributed by atoms with van der Waals surface area (Å²) < 4.78 is 5.42. The maximum atomic E-state index is 12.3. The fraction of sp³-hybridized carbons (Fsp3) is 0.611. The summed E-state index contributed by atoms with van der Waals surface area (Å²) in [5.41, 5.74) is -0.452. The first kappa shape index (κ1) is 20.9. The van der Waals surface area contributed by atoms with Gasteiger partial charge in [-0.25, -0.2) is 19.8 Å². The lowest BCUT2D eigenvalue weighted by Gasteiger charge is -2.37. The van der Waals surface area contributed by atoms with Crippen LogP contribution < -0.4 is 0 Å². The van der Waals surface area contributed by atoms with Crippen LogP contribution in [0.15, 0.2) is 11.2 Å². The van der Waals surface area contributed by atoms with Gasteiger partial charge in [0.15, 0.2) is 0 Å². The third-order valence-corrected chi connectivity index (χ3v) is 4.29. The molecule has 2 heterocycles. The zero-order valence-electron chi connectivity index (χ0n) is 16.4. The molecule has 0 unspecified atom stereocenters. The monoisotopic (exact) mass is 392 g/mol. The second-order valence-corrected chi connectivity index (χ2v) is 8.08. The van der Waals surface area contributed by atoms with Crippen LogP contribution in [-0.2, 0) is 10.2 Å². The van der Waals surface area contributed by atoms with E-state index in [9.17, 15) is 10.1 Å². The van der Waals surface area contributed by atoms with Crippen molar-refractivity contribution in [1.29, 1.82) is 5.26 Å². The predicted octanol–water partition coefficient (Wildman–Crippen LogP) is 3.14. The fourth-order valence-electron chi connectivity index (χ4n) is 2.78. The third-order valence-electron chi connectivity index (χ3n) is 4.10. The van der Waals surface area contributed by atoms with E-state index in [4.69, 9.17) is 16.3 Å². The minimum atomic E-state index is -0.885. The standard InChI is InChI=1S/C18H25ClN6O2/c1-17(2,3)27-16(26)25-8-6-18(11-20,7-9-25)14-13(22-12-24(4)5)10-21-15(19)23-14/h10,12H,6-9H2,1-5H3. The lowest BCUT2D eigenvalue weighted by Crippen LogP contribution is -2.46. The number of halogens is 1. The van der Waals surface area contributed by atoms with E-state index in [0.717, 1.165) is 0 Å². The smallest absolute Gasteiger partial charge is 0.410 e. The number of aliphatic imine (C=N–C) groups is 1. The second kappa shape index (κ2) is 8.09. The zero-order chi connectivity index (χ0) is 20.2. The van der Waals surface area contributed by atoms with Crippen molar-refractivity contribution in [3.05, 3.63) is 17.2 Å². The van der Waals surface area contributed by atoms with Gasteiger partial charge in [-0.05, 0) is 45.2 Å². The Hall–Kier alpha value is -2.40. The number of aromatic nitrogens is 2. The number of nitrogens with zero attached hydrogens (tertiary/aromatic N) is 6. The van der Waals surface area contributed by atoms with E-state index in [-0.39, 0.29) is 11.4 Å². The van der Waals surface area contributed by atoms with Gasteiger partial charge in [0.2, 0.25) is 5.28 Å². The van der Waals surface area contributed by atoms with Gasteiger partial charge in [0.05, 0.1) is 24.3 Å². The second-order valence-electron chi connectivity index (χ2n) is 7.74. The molecule has 1 saturated heterocycles. The van der Waals surface area contributed by atoms with Gasteiger partial charge in [0, 0.05) is 27.2 Å². The van der Waals surface area contributed by atoms with E-state index in [1.165, 1.54) is 6.20 Å². The highest BCUT2D eigenvalue weighted by molar-refractivity contribution is 6.28. The topological polar surface area (TPSA) is 94.7 Å². The van der Waals surface area contributed by atoms with Gasteiger partial charge in [-0.3, -0.25) is 0 Å². The molecule has 0 aromatic carbocycles. The SMILES string of the molecule is CN(C)C=Nc1cnc(Cl)nc1C1(C#N)CCN(C(=O)OC(C)(C)C)CC1. The number of carbonyl (C=O) groups is 1. The number of rotatable bonds is 3. The number of carbonyl (C=O) groups excluding carboxylic acids is 1. The maximum absolute atomic E-state index is 12.3. The number of hydrogen-bond donors (Lipinski definition) is 0. The molecule has 0 atom stereocenters. The first-order chi connectivity index (χ1) is 12.6. The summed E-state index contributed by atoms with van der Waals surface area (Å²) in [6.45, 7) is 6.26. The molecule has 0 aliphatic carbocycles. The van der Waals surface area contributed by atoms with E-state index in [0.29, 0.717) is 37.3 Å². The Morgan fingerprint density at radius 1 is 1.44 bits per heavy atom. The molecule has 1 aromatic heterocycles. The van der Waals surface area contributed by atoms with Crippen LogP contribution in [0, 0.1) is 11.3 Å². The molecular weight excluding hydrogens is 368 g/mol. The van der Waals surface area contributed by atoms with E-state index < -0.39 is 11.0 Å². The molecule has 2 rings (SSSR count). The van der Waals surface area contributed by atoms with Crippen LogP contribution in [0.3, 0.4) is 0 Å². The van der Waals surface area contributed by atoms with E-state index >= 15 is 0 Å². The summed E-state index contributed by atoms with van der Waals surface area (Å²) in [6.07, 6.45) is 3.60. The first-order valence-electron chi connectivity index (χ1n) is 8.69. The van der Waals surface area contributed by atoms with Crippen molar-refractivity contribution in [3.8, 4) is 6.07 Å². The lowest BCUT2D eigenvalue weighted by molar-refractivity contribution is 0.0184. The summed E-state index contributed by atoms with van der Waals surface area (Å²) >= 11 is 5.99. The number of piperidine rings is 1. The minimum Gasteiger partial charge on any atom is -0.444 e. The summed E-state index contributed by atoms with van der Waals surface area (Å²) in [5.74, 6) is 0. The Balaban J connectivity index is 2.27. The molecule has 0 N–H and O–H groups in total. The van der Waals surface area contributed by atoms with Gasteiger partial charge in [-0.15, -0.1) is 0 Å². The van der Waals surface area contributed by atoms with Crippen molar-refractivity contribution in [2.24, 2.45) is 4.99 Å². The van der Waals surface area contributed by atoms with E-state index in [1.807, 2.05) is 34.9 Å². The van der Waals surface area contributed by atoms with Gasteiger partial charge in [-0.1, -0.05) is 0 Å². The Kier molecular flexibility index (Phi) is 6.26. The molecule has 1 amide bonds. The zero-order valence-corrected chi connectivity index (χ0v) is 17.1. The molecule has 146 valence electrons. The van der Waals surface area contributed by atoms with Crippen LogP contribution in [0.1, 0.15) is 39.3 Å². The number of likely N-dealkylation sites (tertiary alicyclic amines) is 1. The molecule has 9 heteroatoms. The quantitative estimate of drug-likeness (QED) is 0.445. The molecule has 0 radical (unpaired) electrons. The van der Waals surface area contributed by atoms with Crippen molar-refractivity contribution < 1.29 is 9.53 Å². The first-order valence-corrected chi connectivity index (χ1v) is 9.07. The van der Waals surface area contributed by atoms with Crippen molar-refractivity contribution in [3.63, 3.8) is 0 Å². The largest absolute Gasteiger partial charge is 0.444 e. The molecular formula is C18H25ClN6O2. The highest BCUT2D eigenvalue weighted by Gasteiger charge is 2.41. The van der Waals surface area contributed by atoms with Gasteiger partial charge in [-0.2, -0.15) is 5.26 Å². The lowest BCUT2D eigenvalue weighted by atomic mass is 9.76. The Morgan fingerprint density at radius 2 is 2.07 bits per heavy atom. The molecule has 1 aliphatic heterocycles. The molecule has 1 aliphatic rings. The van der Waals surface area contributed by atoms with Gasteiger partial charge >= 0.3 is 6.09 Å². The molecule has 0 bridgehead atoms. The van der Waals surface area contributed by atoms with Crippen LogP contribution in [0.2, 0.25) is 5.28 Å². The van der Waals surface area contributed by atoms with Gasteiger partial charge in [0.1, 0.15) is 16.7 Å². The average Bonchev–Trinajstić information content (AvgIpc) is 2.59. The molecule has 8 nitrogen and oxygen atoms in total. The van der Waals surface area contributed by atoms with Crippen LogP contribution in [0.4, 0.5) is 10.5 Å². The Morgan fingerprint density at radius 3 is 2.59 bits per heavy atom.